The number of anilines is 1. The van der Waals surface area contributed by atoms with Crippen LogP contribution in [0.25, 0.3) is 0 Å². The van der Waals surface area contributed by atoms with Crippen LogP contribution in [-0.2, 0) is 16.1 Å². The number of aromatic nitrogens is 1. The van der Waals surface area contributed by atoms with Gasteiger partial charge >= 0.3 is 0 Å². The zero-order valence-electron chi connectivity index (χ0n) is 15.2. The predicted molar refractivity (Wildman–Crippen MR) is 115 cm³/mol. The van der Waals surface area contributed by atoms with Gasteiger partial charge < -0.3 is 20.5 Å². The number of pyridine rings is 1. The van der Waals surface area contributed by atoms with Crippen molar-refractivity contribution in [2.75, 3.05) is 18.5 Å². The minimum atomic E-state index is -0.558. The molecule has 1 aromatic carbocycles. The summed E-state index contributed by atoms with van der Waals surface area (Å²) in [6.45, 7) is 1.63. The Hall–Kier alpha value is -1.57. The van der Waals surface area contributed by atoms with Gasteiger partial charge in [0.2, 0.25) is 5.91 Å². The van der Waals surface area contributed by atoms with Gasteiger partial charge in [-0.15, -0.1) is 24.8 Å². The van der Waals surface area contributed by atoms with Crippen molar-refractivity contribution in [2.45, 2.75) is 25.5 Å². The Balaban J connectivity index is 0.00000196. The van der Waals surface area contributed by atoms with Crippen molar-refractivity contribution in [3.05, 3.63) is 53.3 Å². The van der Waals surface area contributed by atoms with Crippen LogP contribution < -0.4 is 15.8 Å². The summed E-state index contributed by atoms with van der Waals surface area (Å²) < 4.78 is 11.0. The third-order valence-electron chi connectivity index (χ3n) is 4.38. The third kappa shape index (κ3) is 6.79. The van der Waals surface area contributed by atoms with E-state index >= 15 is 0 Å². The number of nitrogens with two attached hydrogens (primary N) is 1. The minimum absolute atomic E-state index is 0. The number of nitrogens with one attached hydrogen (secondary N) is 1. The number of carbonyl (C=O) groups excluding carboxylic acids is 1. The molecule has 1 fully saturated rings. The maximum Gasteiger partial charge on any atom is 0.241 e. The second kappa shape index (κ2) is 12.1. The molecule has 1 aliphatic rings. The maximum absolute atomic E-state index is 12.4. The summed E-state index contributed by atoms with van der Waals surface area (Å²) in [4.78, 5) is 16.6. The number of hydrogen-bond donors (Lipinski definition) is 2. The lowest BCUT2D eigenvalue weighted by Gasteiger charge is -2.26. The first kappa shape index (κ1) is 24.5. The molecule has 1 amide bonds. The minimum Gasteiger partial charge on any atom is -0.486 e. The van der Waals surface area contributed by atoms with Gasteiger partial charge in [0.05, 0.1) is 16.8 Å². The van der Waals surface area contributed by atoms with Gasteiger partial charge in [0.25, 0.3) is 0 Å². The predicted octanol–water partition coefficient (Wildman–Crippen LogP) is 3.85. The molecule has 1 aromatic heterocycles. The van der Waals surface area contributed by atoms with E-state index < -0.39 is 6.04 Å². The van der Waals surface area contributed by atoms with Crippen molar-refractivity contribution in [1.82, 2.24) is 4.98 Å². The molecule has 2 heterocycles. The van der Waals surface area contributed by atoms with Crippen molar-refractivity contribution in [3.63, 3.8) is 0 Å². The number of benzene rings is 1. The molecule has 3 N–H and O–H groups in total. The molecule has 154 valence electrons. The highest BCUT2D eigenvalue weighted by atomic mass is 35.5. The Labute approximate surface area is 182 Å². The van der Waals surface area contributed by atoms with Crippen LogP contribution in [-0.4, -0.2) is 30.1 Å². The van der Waals surface area contributed by atoms with E-state index in [9.17, 15) is 4.79 Å². The van der Waals surface area contributed by atoms with Crippen molar-refractivity contribution >= 4 is 48.0 Å². The Morgan fingerprint density at radius 2 is 2.04 bits per heavy atom. The van der Waals surface area contributed by atoms with Crippen LogP contribution in [0.15, 0.2) is 42.6 Å². The van der Waals surface area contributed by atoms with E-state index in [1.807, 2.05) is 18.2 Å². The topological polar surface area (TPSA) is 86.5 Å². The number of halogens is 3. The SMILES string of the molecule is Cl.Cl.NC(C(=O)Nc1ccc(OCc2ccccn2)c(Cl)c1)C1CCOCC1. The van der Waals surface area contributed by atoms with Crippen LogP contribution in [0.4, 0.5) is 5.69 Å². The van der Waals surface area contributed by atoms with Gasteiger partial charge in [0, 0.05) is 25.1 Å². The van der Waals surface area contributed by atoms with Gasteiger partial charge in [-0.2, -0.15) is 0 Å². The summed E-state index contributed by atoms with van der Waals surface area (Å²) in [6, 6.07) is 10.2. The van der Waals surface area contributed by atoms with Crippen LogP contribution >= 0.6 is 36.4 Å². The maximum atomic E-state index is 12.4. The fraction of sp³-hybridized carbons (Fsp3) is 0.368. The van der Waals surface area contributed by atoms with Gasteiger partial charge in [-0.05, 0) is 49.1 Å². The normalized spacial score (nSPS) is 14.9. The standard InChI is InChI=1S/C19H22ClN3O3.2ClH/c20-16-11-14(23-19(24)18(21)13-6-9-25-10-7-13)4-5-17(16)26-12-15-3-1-2-8-22-15;;/h1-5,8,11,13,18H,6-7,9-10,12,21H2,(H,23,24);2*1H. The molecular weight excluding hydrogens is 425 g/mol. The second-order valence-corrected chi connectivity index (χ2v) is 6.63. The van der Waals surface area contributed by atoms with Crippen LogP contribution in [0.5, 0.6) is 5.75 Å². The summed E-state index contributed by atoms with van der Waals surface area (Å²) in [7, 11) is 0. The van der Waals surface area contributed by atoms with Crippen molar-refractivity contribution in [1.29, 1.82) is 0 Å². The lowest BCUT2D eigenvalue weighted by Crippen LogP contribution is -2.44. The first-order valence-corrected chi connectivity index (χ1v) is 8.98. The molecule has 9 heteroatoms. The molecule has 6 nitrogen and oxygen atoms in total. The van der Waals surface area contributed by atoms with Crippen LogP contribution in [0.2, 0.25) is 5.02 Å². The summed E-state index contributed by atoms with van der Waals surface area (Å²) in [5.74, 6) is 0.458. The van der Waals surface area contributed by atoms with E-state index in [-0.39, 0.29) is 36.6 Å². The zero-order chi connectivity index (χ0) is 18.4. The number of hydrogen-bond acceptors (Lipinski definition) is 5. The summed E-state index contributed by atoms with van der Waals surface area (Å²) in [5.41, 5.74) is 7.49. The molecule has 3 rings (SSSR count). The van der Waals surface area contributed by atoms with Crippen molar-refractivity contribution in [3.8, 4) is 5.75 Å². The van der Waals surface area contributed by atoms with E-state index in [2.05, 4.69) is 10.3 Å². The van der Waals surface area contributed by atoms with E-state index in [1.54, 1.807) is 24.4 Å². The average Bonchev–Trinajstić information content (AvgIpc) is 2.68. The first-order valence-electron chi connectivity index (χ1n) is 8.60. The highest BCUT2D eigenvalue weighted by Crippen LogP contribution is 2.28. The molecule has 1 atom stereocenters. The number of carbonyl (C=O) groups is 1. The largest absolute Gasteiger partial charge is 0.486 e. The van der Waals surface area contributed by atoms with Gasteiger partial charge in [0.15, 0.2) is 0 Å². The summed E-state index contributed by atoms with van der Waals surface area (Å²) in [6.07, 6.45) is 3.31. The van der Waals surface area contributed by atoms with E-state index in [4.69, 9.17) is 26.8 Å². The van der Waals surface area contributed by atoms with Crippen molar-refractivity contribution in [2.24, 2.45) is 11.7 Å². The molecular formula is C19H24Cl3N3O3. The fourth-order valence-electron chi connectivity index (χ4n) is 2.85. The van der Waals surface area contributed by atoms with E-state index in [0.717, 1.165) is 18.5 Å². The number of amides is 1. The fourth-order valence-corrected chi connectivity index (χ4v) is 3.08. The molecule has 0 radical (unpaired) electrons. The highest BCUT2D eigenvalue weighted by molar-refractivity contribution is 6.32. The van der Waals surface area contributed by atoms with Gasteiger partial charge in [-0.25, -0.2) is 0 Å². The average molecular weight is 449 g/mol. The lowest BCUT2D eigenvalue weighted by atomic mass is 9.92. The van der Waals surface area contributed by atoms with Gasteiger partial charge in [-0.1, -0.05) is 17.7 Å². The quantitative estimate of drug-likeness (QED) is 0.701. The summed E-state index contributed by atoms with van der Waals surface area (Å²) in [5, 5.41) is 3.24. The summed E-state index contributed by atoms with van der Waals surface area (Å²) >= 11 is 6.26. The van der Waals surface area contributed by atoms with Crippen molar-refractivity contribution < 1.29 is 14.3 Å². The smallest absolute Gasteiger partial charge is 0.241 e. The monoisotopic (exact) mass is 447 g/mol. The molecule has 0 aliphatic carbocycles. The lowest BCUT2D eigenvalue weighted by molar-refractivity contribution is -0.119. The molecule has 0 saturated carbocycles. The van der Waals surface area contributed by atoms with Crippen LogP contribution in [0, 0.1) is 5.92 Å². The van der Waals surface area contributed by atoms with E-state index in [1.165, 1.54) is 0 Å². The highest BCUT2D eigenvalue weighted by Gasteiger charge is 2.26. The third-order valence-corrected chi connectivity index (χ3v) is 4.67. The molecule has 1 aliphatic heterocycles. The molecule has 1 unspecified atom stereocenters. The molecule has 2 aromatic rings. The molecule has 28 heavy (non-hydrogen) atoms. The van der Waals surface area contributed by atoms with Crippen LogP contribution in [0.1, 0.15) is 18.5 Å². The zero-order valence-corrected chi connectivity index (χ0v) is 17.6. The first-order chi connectivity index (χ1) is 12.6. The molecule has 0 bridgehead atoms. The molecule has 0 spiro atoms. The Morgan fingerprint density at radius 1 is 1.29 bits per heavy atom. The molecule has 1 saturated heterocycles. The van der Waals surface area contributed by atoms with E-state index in [0.29, 0.717) is 36.3 Å². The van der Waals surface area contributed by atoms with Gasteiger partial charge in [0.1, 0.15) is 12.4 Å². The Morgan fingerprint density at radius 3 is 2.68 bits per heavy atom. The number of ether oxygens (including phenoxy) is 2. The van der Waals surface area contributed by atoms with Crippen LogP contribution in [0.3, 0.4) is 0 Å². The number of rotatable bonds is 6. The Bertz CT molecular complexity index is 744. The number of nitrogens with zero attached hydrogens (tertiary/aromatic N) is 1. The Kier molecular flexibility index (Phi) is 10.6. The second-order valence-electron chi connectivity index (χ2n) is 6.22. The van der Waals surface area contributed by atoms with Gasteiger partial charge in [-0.3, -0.25) is 9.78 Å².